The van der Waals surface area contributed by atoms with Crippen LogP contribution in [0.2, 0.25) is 0 Å². The molecule has 1 aliphatic heterocycles. The maximum atomic E-state index is 12.6. The first kappa shape index (κ1) is 17.3. The van der Waals surface area contributed by atoms with E-state index in [9.17, 15) is 22.8 Å². The van der Waals surface area contributed by atoms with Crippen LogP contribution < -0.4 is 5.73 Å². The molecule has 126 valence electrons. The van der Waals surface area contributed by atoms with Gasteiger partial charge >= 0.3 is 12.1 Å². The van der Waals surface area contributed by atoms with Crippen molar-refractivity contribution in [2.45, 2.75) is 25.4 Å². The Morgan fingerprint density at radius 3 is 2.30 bits per heavy atom. The summed E-state index contributed by atoms with van der Waals surface area (Å²) in [7, 11) is 0. The minimum atomic E-state index is -4.40. The van der Waals surface area contributed by atoms with Gasteiger partial charge in [-0.1, -0.05) is 12.1 Å². The van der Waals surface area contributed by atoms with Gasteiger partial charge in [0.25, 0.3) is 0 Å². The maximum Gasteiger partial charge on any atom is 0.416 e. The molecule has 2 rings (SSSR count). The molecular weight excluding hydrogens is 313 g/mol. The lowest BCUT2D eigenvalue weighted by Gasteiger charge is -2.35. The number of hydroxylamine groups is 2. The summed E-state index contributed by atoms with van der Waals surface area (Å²) in [6, 6.07) is 4.75. The van der Waals surface area contributed by atoms with Crippen LogP contribution in [-0.2, 0) is 20.6 Å². The summed E-state index contributed by atoms with van der Waals surface area (Å²) in [5, 5.41) is 1.34. The number of hydrogen-bond acceptors (Lipinski definition) is 4. The highest BCUT2D eigenvalue weighted by molar-refractivity contribution is 5.77. The molecule has 1 amide bonds. The molecule has 1 aliphatic rings. The van der Waals surface area contributed by atoms with Gasteiger partial charge in [-0.2, -0.15) is 13.2 Å². The normalized spacial score (nSPS) is 22.6. The SMILES string of the molecule is CC(=O)ON1CC(C(N)=O)CC(c2ccc(C(F)(F)F)cc2)C1. The monoisotopic (exact) mass is 330 g/mol. The number of primary amides is 1. The summed E-state index contributed by atoms with van der Waals surface area (Å²) < 4.78 is 37.8. The van der Waals surface area contributed by atoms with E-state index < -0.39 is 29.5 Å². The van der Waals surface area contributed by atoms with Gasteiger partial charge < -0.3 is 10.6 Å². The van der Waals surface area contributed by atoms with Gasteiger partial charge in [-0.25, -0.2) is 0 Å². The molecule has 1 aromatic rings. The van der Waals surface area contributed by atoms with Crippen molar-refractivity contribution in [2.75, 3.05) is 13.1 Å². The molecule has 1 heterocycles. The van der Waals surface area contributed by atoms with E-state index >= 15 is 0 Å². The molecule has 1 aromatic carbocycles. The highest BCUT2D eigenvalue weighted by Gasteiger charge is 2.34. The maximum absolute atomic E-state index is 12.6. The standard InChI is InChI=1S/C15H17F3N2O3/c1-9(21)23-20-7-11(6-12(8-20)14(19)22)10-2-4-13(5-3-10)15(16,17)18/h2-5,11-12H,6-8H2,1H3,(H2,19,22). The van der Waals surface area contributed by atoms with Crippen LogP contribution in [0.4, 0.5) is 13.2 Å². The first-order valence-corrected chi connectivity index (χ1v) is 7.06. The van der Waals surface area contributed by atoms with E-state index in [1.807, 2.05) is 0 Å². The Kier molecular flexibility index (Phi) is 4.93. The van der Waals surface area contributed by atoms with Crippen LogP contribution in [0, 0.1) is 5.92 Å². The number of hydrogen-bond donors (Lipinski definition) is 1. The lowest BCUT2D eigenvalue weighted by Crippen LogP contribution is -2.44. The Morgan fingerprint density at radius 1 is 1.22 bits per heavy atom. The average molecular weight is 330 g/mol. The van der Waals surface area contributed by atoms with E-state index in [2.05, 4.69) is 0 Å². The summed E-state index contributed by atoms with van der Waals surface area (Å²) in [5.41, 5.74) is 5.23. The van der Waals surface area contributed by atoms with Crippen LogP contribution in [0.1, 0.15) is 30.4 Å². The molecule has 0 radical (unpaired) electrons. The van der Waals surface area contributed by atoms with E-state index in [4.69, 9.17) is 10.6 Å². The number of carbonyl (C=O) groups excluding carboxylic acids is 2. The summed E-state index contributed by atoms with van der Waals surface area (Å²) in [6.07, 6.45) is -4.00. The summed E-state index contributed by atoms with van der Waals surface area (Å²) >= 11 is 0. The van der Waals surface area contributed by atoms with E-state index in [-0.39, 0.29) is 12.5 Å². The van der Waals surface area contributed by atoms with Crippen LogP contribution >= 0.6 is 0 Å². The second-order valence-corrected chi connectivity index (χ2v) is 5.58. The van der Waals surface area contributed by atoms with Crippen LogP contribution in [-0.4, -0.2) is 30.0 Å². The molecule has 0 saturated carbocycles. The quantitative estimate of drug-likeness (QED) is 0.921. The lowest BCUT2D eigenvalue weighted by atomic mass is 9.84. The third kappa shape index (κ3) is 4.44. The van der Waals surface area contributed by atoms with Crippen LogP contribution in [0.5, 0.6) is 0 Å². The number of carbonyl (C=O) groups is 2. The van der Waals surface area contributed by atoms with E-state index in [1.54, 1.807) is 0 Å². The van der Waals surface area contributed by atoms with Crippen molar-refractivity contribution < 1.29 is 27.6 Å². The number of benzene rings is 1. The number of halogens is 3. The lowest BCUT2D eigenvalue weighted by molar-refractivity contribution is -0.198. The topological polar surface area (TPSA) is 72.6 Å². The van der Waals surface area contributed by atoms with Crippen LogP contribution in [0.3, 0.4) is 0 Å². The molecule has 2 unspecified atom stereocenters. The molecule has 5 nitrogen and oxygen atoms in total. The van der Waals surface area contributed by atoms with Gasteiger partial charge in [0.2, 0.25) is 5.91 Å². The Hall–Kier alpha value is -2.09. The first-order valence-electron chi connectivity index (χ1n) is 7.06. The predicted octanol–water partition coefficient (Wildman–Crippen LogP) is 2.07. The number of amides is 1. The van der Waals surface area contributed by atoms with Crippen molar-refractivity contribution >= 4 is 11.9 Å². The second kappa shape index (κ2) is 6.57. The molecule has 0 aromatic heterocycles. The van der Waals surface area contributed by atoms with Crippen molar-refractivity contribution in [3.8, 4) is 0 Å². The van der Waals surface area contributed by atoms with Crippen molar-refractivity contribution in [1.29, 1.82) is 0 Å². The van der Waals surface area contributed by atoms with Gasteiger partial charge in [0, 0.05) is 25.9 Å². The van der Waals surface area contributed by atoms with Crippen LogP contribution in [0.25, 0.3) is 0 Å². The van der Waals surface area contributed by atoms with Gasteiger partial charge in [0.1, 0.15) is 0 Å². The summed E-state index contributed by atoms with van der Waals surface area (Å²) in [4.78, 5) is 27.5. The number of piperidine rings is 1. The van der Waals surface area contributed by atoms with E-state index in [1.165, 1.54) is 24.1 Å². The van der Waals surface area contributed by atoms with Gasteiger partial charge in [-0.05, 0) is 24.1 Å². The molecular formula is C15H17F3N2O3. The molecule has 0 bridgehead atoms. The summed E-state index contributed by atoms with van der Waals surface area (Å²) in [5.74, 6) is -1.83. The predicted molar refractivity (Wildman–Crippen MR) is 74.8 cm³/mol. The molecule has 1 fully saturated rings. The molecule has 0 spiro atoms. The molecule has 8 heteroatoms. The molecule has 23 heavy (non-hydrogen) atoms. The van der Waals surface area contributed by atoms with Crippen molar-refractivity contribution in [3.05, 3.63) is 35.4 Å². The van der Waals surface area contributed by atoms with Gasteiger partial charge in [-0.3, -0.25) is 9.59 Å². The average Bonchev–Trinajstić information content (AvgIpc) is 2.45. The largest absolute Gasteiger partial charge is 0.416 e. The fourth-order valence-electron chi connectivity index (χ4n) is 2.71. The Bertz CT molecular complexity index is 587. The minimum absolute atomic E-state index is 0.187. The van der Waals surface area contributed by atoms with E-state index in [0.717, 1.165) is 12.1 Å². The molecule has 0 aliphatic carbocycles. The fourth-order valence-corrected chi connectivity index (χ4v) is 2.71. The van der Waals surface area contributed by atoms with Crippen LogP contribution in [0.15, 0.2) is 24.3 Å². The highest BCUT2D eigenvalue weighted by Crippen LogP contribution is 2.33. The smallest absolute Gasteiger partial charge is 0.369 e. The summed E-state index contributed by atoms with van der Waals surface area (Å²) in [6.45, 7) is 1.72. The second-order valence-electron chi connectivity index (χ2n) is 5.58. The van der Waals surface area contributed by atoms with E-state index in [0.29, 0.717) is 18.5 Å². The Morgan fingerprint density at radius 2 is 1.83 bits per heavy atom. The third-order valence-corrected chi connectivity index (χ3v) is 3.79. The third-order valence-electron chi connectivity index (χ3n) is 3.79. The first-order chi connectivity index (χ1) is 10.7. The molecule has 1 saturated heterocycles. The van der Waals surface area contributed by atoms with Crippen molar-refractivity contribution in [3.63, 3.8) is 0 Å². The number of rotatable bonds is 3. The molecule has 2 atom stereocenters. The van der Waals surface area contributed by atoms with Gasteiger partial charge in [-0.15, -0.1) is 5.06 Å². The van der Waals surface area contributed by atoms with Gasteiger partial charge in [0.15, 0.2) is 0 Å². The number of nitrogens with zero attached hydrogens (tertiary/aromatic N) is 1. The molecule has 2 N–H and O–H groups in total. The zero-order valence-electron chi connectivity index (χ0n) is 12.5. The number of nitrogens with two attached hydrogens (primary N) is 1. The van der Waals surface area contributed by atoms with Crippen molar-refractivity contribution in [1.82, 2.24) is 5.06 Å². The minimum Gasteiger partial charge on any atom is -0.369 e. The Balaban J connectivity index is 2.19. The fraction of sp³-hybridized carbons (Fsp3) is 0.467. The van der Waals surface area contributed by atoms with Gasteiger partial charge in [0.05, 0.1) is 11.5 Å². The highest BCUT2D eigenvalue weighted by atomic mass is 19.4. The zero-order chi connectivity index (χ0) is 17.2. The number of alkyl halides is 3. The zero-order valence-corrected chi connectivity index (χ0v) is 12.5. The Labute approximate surface area is 131 Å². The van der Waals surface area contributed by atoms with Crippen molar-refractivity contribution in [2.24, 2.45) is 11.7 Å².